The number of aliphatic hydroxyl groups excluding tert-OH is 2. The maximum absolute atomic E-state index is 10.5. The molecular weight excluding hydrogens is 254 g/mol. The molecule has 1 unspecified atom stereocenters. The minimum Gasteiger partial charge on any atom is -0.496 e. The highest BCUT2D eigenvalue weighted by atomic mass is 16.5. The Hall–Kier alpha value is -1.10. The summed E-state index contributed by atoms with van der Waals surface area (Å²) in [7, 11) is 1.64. The molecule has 4 nitrogen and oxygen atoms in total. The van der Waals surface area contributed by atoms with E-state index in [0.29, 0.717) is 6.54 Å². The van der Waals surface area contributed by atoms with E-state index < -0.39 is 6.10 Å². The molecule has 0 spiro atoms. The first kappa shape index (κ1) is 15.3. The Labute approximate surface area is 121 Å². The van der Waals surface area contributed by atoms with Crippen LogP contribution in [-0.4, -0.2) is 48.0 Å². The fraction of sp³-hybridized carbons (Fsp3) is 0.625. The van der Waals surface area contributed by atoms with Gasteiger partial charge in [-0.25, -0.2) is 0 Å². The third kappa shape index (κ3) is 3.51. The van der Waals surface area contributed by atoms with Crippen LogP contribution in [0.15, 0.2) is 12.1 Å². The van der Waals surface area contributed by atoms with Gasteiger partial charge in [-0.2, -0.15) is 0 Å². The Bertz CT molecular complexity index is 453. The summed E-state index contributed by atoms with van der Waals surface area (Å²) >= 11 is 0. The zero-order valence-electron chi connectivity index (χ0n) is 12.6. The van der Waals surface area contributed by atoms with E-state index in [0.717, 1.165) is 48.4 Å². The zero-order valence-corrected chi connectivity index (χ0v) is 12.6. The summed E-state index contributed by atoms with van der Waals surface area (Å²) < 4.78 is 5.44. The number of methoxy groups -OCH3 is 1. The van der Waals surface area contributed by atoms with E-state index >= 15 is 0 Å². The Kier molecular flexibility index (Phi) is 5.02. The minimum absolute atomic E-state index is 0.181. The van der Waals surface area contributed by atoms with Gasteiger partial charge < -0.3 is 19.8 Å². The molecule has 0 saturated carbocycles. The number of nitrogens with zero attached hydrogens (tertiary/aromatic N) is 1. The summed E-state index contributed by atoms with van der Waals surface area (Å²) in [5.74, 6) is 0.778. The van der Waals surface area contributed by atoms with E-state index in [1.807, 2.05) is 19.9 Å². The fourth-order valence-corrected chi connectivity index (χ4v) is 2.96. The number of aryl methyl sites for hydroxylation is 2. The standard InChI is InChI=1S/C16H25NO3/c1-11-8-12(2)16(20-3)14(9-11)15(19)10-17-6-4-13(18)5-7-17/h8-9,13,15,18-19H,4-7,10H2,1-3H3. The van der Waals surface area contributed by atoms with Crippen molar-refractivity contribution in [3.8, 4) is 5.75 Å². The number of aliphatic hydroxyl groups is 2. The highest BCUT2D eigenvalue weighted by Crippen LogP contribution is 2.31. The maximum atomic E-state index is 10.5. The van der Waals surface area contributed by atoms with Crippen molar-refractivity contribution in [1.29, 1.82) is 0 Å². The molecular formula is C16H25NO3. The van der Waals surface area contributed by atoms with Gasteiger partial charge in [-0.3, -0.25) is 0 Å². The summed E-state index contributed by atoms with van der Waals surface area (Å²) in [6, 6.07) is 4.06. The molecule has 2 rings (SSSR count). The average Bonchev–Trinajstić information content (AvgIpc) is 2.40. The van der Waals surface area contributed by atoms with Gasteiger partial charge in [0.1, 0.15) is 5.75 Å². The molecule has 1 heterocycles. The lowest BCUT2D eigenvalue weighted by atomic mass is 10.00. The lowest BCUT2D eigenvalue weighted by molar-refractivity contribution is 0.0500. The molecule has 0 aromatic heterocycles. The maximum Gasteiger partial charge on any atom is 0.127 e. The van der Waals surface area contributed by atoms with Crippen molar-refractivity contribution in [2.75, 3.05) is 26.7 Å². The van der Waals surface area contributed by atoms with Gasteiger partial charge in [0.2, 0.25) is 0 Å². The monoisotopic (exact) mass is 279 g/mol. The van der Waals surface area contributed by atoms with Crippen molar-refractivity contribution >= 4 is 0 Å². The van der Waals surface area contributed by atoms with Crippen molar-refractivity contribution in [2.45, 2.75) is 38.9 Å². The van der Waals surface area contributed by atoms with Gasteiger partial charge in [0.05, 0.1) is 19.3 Å². The van der Waals surface area contributed by atoms with Gasteiger partial charge in [-0.05, 0) is 38.3 Å². The largest absolute Gasteiger partial charge is 0.496 e. The van der Waals surface area contributed by atoms with Crippen molar-refractivity contribution in [2.24, 2.45) is 0 Å². The number of β-amino-alcohol motifs (C(OH)–C–C–N with tert-alkyl or cyclic N) is 1. The van der Waals surface area contributed by atoms with E-state index in [1.165, 1.54) is 0 Å². The minimum atomic E-state index is -0.557. The second kappa shape index (κ2) is 6.57. The number of piperidine rings is 1. The molecule has 1 aromatic carbocycles. The van der Waals surface area contributed by atoms with Crippen LogP contribution in [0.1, 0.15) is 35.6 Å². The lowest BCUT2D eigenvalue weighted by Crippen LogP contribution is -2.38. The van der Waals surface area contributed by atoms with Crippen LogP contribution in [0, 0.1) is 13.8 Å². The van der Waals surface area contributed by atoms with Crippen LogP contribution in [0.5, 0.6) is 5.75 Å². The highest BCUT2D eigenvalue weighted by molar-refractivity contribution is 5.45. The summed E-state index contributed by atoms with van der Waals surface area (Å²) in [6.45, 7) is 6.29. The summed E-state index contributed by atoms with van der Waals surface area (Å²) in [5, 5.41) is 20.0. The molecule has 1 aliphatic heterocycles. The molecule has 2 N–H and O–H groups in total. The average molecular weight is 279 g/mol. The van der Waals surface area contributed by atoms with E-state index in [4.69, 9.17) is 4.74 Å². The summed E-state index contributed by atoms with van der Waals surface area (Å²) in [6.07, 6.45) is 0.839. The number of rotatable bonds is 4. The van der Waals surface area contributed by atoms with Crippen LogP contribution in [0.25, 0.3) is 0 Å². The molecule has 0 radical (unpaired) electrons. The molecule has 0 bridgehead atoms. The predicted octanol–water partition coefficient (Wildman–Crippen LogP) is 1.80. The number of benzene rings is 1. The number of hydrogen-bond donors (Lipinski definition) is 2. The van der Waals surface area contributed by atoms with Gasteiger partial charge in [0.25, 0.3) is 0 Å². The first-order valence-electron chi connectivity index (χ1n) is 7.25. The Morgan fingerprint density at radius 2 is 1.95 bits per heavy atom. The fourth-order valence-electron chi connectivity index (χ4n) is 2.96. The first-order chi connectivity index (χ1) is 9.51. The van der Waals surface area contributed by atoms with Crippen molar-refractivity contribution < 1.29 is 14.9 Å². The predicted molar refractivity (Wildman–Crippen MR) is 79.1 cm³/mol. The topological polar surface area (TPSA) is 52.9 Å². The Morgan fingerprint density at radius 1 is 1.30 bits per heavy atom. The third-order valence-electron chi connectivity index (χ3n) is 4.00. The van der Waals surface area contributed by atoms with Crippen LogP contribution in [0.2, 0.25) is 0 Å². The molecule has 112 valence electrons. The molecule has 1 atom stereocenters. The third-order valence-corrected chi connectivity index (χ3v) is 4.00. The molecule has 4 heteroatoms. The summed E-state index contributed by atoms with van der Waals surface area (Å²) in [5.41, 5.74) is 3.04. The van der Waals surface area contributed by atoms with Gasteiger partial charge in [0.15, 0.2) is 0 Å². The zero-order chi connectivity index (χ0) is 14.7. The molecule has 1 saturated heterocycles. The number of hydrogen-bond acceptors (Lipinski definition) is 4. The van der Waals surface area contributed by atoms with Crippen LogP contribution in [0.3, 0.4) is 0 Å². The second-order valence-corrected chi connectivity index (χ2v) is 5.75. The van der Waals surface area contributed by atoms with E-state index in [9.17, 15) is 10.2 Å². The van der Waals surface area contributed by atoms with Crippen LogP contribution in [0.4, 0.5) is 0 Å². The normalized spacial score (nSPS) is 19.1. The number of ether oxygens (including phenoxy) is 1. The van der Waals surface area contributed by atoms with Gasteiger partial charge in [-0.1, -0.05) is 11.6 Å². The van der Waals surface area contributed by atoms with Crippen molar-refractivity contribution in [3.05, 3.63) is 28.8 Å². The Balaban J connectivity index is 2.10. The van der Waals surface area contributed by atoms with E-state index in [-0.39, 0.29) is 6.10 Å². The van der Waals surface area contributed by atoms with Crippen LogP contribution in [-0.2, 0) is 0 Å². The van der Waals surface area contributed by atoms with Gasteiger partial charge >= 0.3 is 0 Å². The Morgan fingerprint density at radius 3 is 2.55 bits per heavy atom. The van der Waals surface area contributed by atoms with Crippen molar-refractivity contribution in [1.82, 2.24) is 4.90 Å². The van der Waals surface area contributed by atoms with E-state index in [2.05, 4.69) is 11.0 Å². The second-order valence-electron chi connectivity index (χ2n) is 5.75. The van der Waals surface area contributed by atoms with Gasteiger partial charge in [0, 0.05) is 25.2 Å². The molecule has 0 amide bonds. The molecule has 20 heavy (non-hydrogen) atoms. The van der Waals surface area contributed by atoms with Crippen molar-refractivity contribution in [3.63, 3.8) is 0 Å². The summed E-state index contributed by atoms with van der Waals surface area (Å²) in [4.78, 5) is 2.20. The van der Waals surface area contributed by atoms with Gasteiger partial charge in [-0.15, -0.1) is 0 Å². The first-order valence-corrected chi connectivity index (χ1v) is 7.25. The molecule has 0 aliphatic carbocycles. The SMILES string of the molecule is COc1c(C)cc(C)cc1C(O)CN1CCC(O)CC1. The quantitative estimate of drug-likeness (QED) is 0.882. The molecule has 1 fully saturated rings. The lowest BCUT2D eigenvalue weighted by Gasteiger charge is -2.31. The molecule has 1 aromatic rings. The molecule has 1 aliphatic rings. The van der Waals surface area contributed by atoms with Crippen LogP contribution >= 0.6 is 0 Å². The highest BCUT2D eigenvalue weighted by Gasteiger charge is 2.22. The smallest absolute Gasteiger partial charge is 0.127 e. The number of likely N-dealkylation sites (tertiary alicyclic amines) is 1. The van der Waals surface area contributed by atoms with E-state index in [1.54, 1.807) is 7.11 Å². The van der Waals surface area contributed by atoms with Crippen LogP contribution < -0.4 is 4.74 Å².